The van der Waals surface area contributed by atoms with Crippen molar-refractivity contribution in [3.05, 3.63) is 35.9 Å². The van der Waals surface area contributed by atoms with Crippen LogP contribution in [0.5, 0.6) is 0 Å². The minimum absolute atomic E-state index is 0.000295. The van der Waals surface area contributed by atoms with Gasteiger partial charge in [0.1, 0.15) is 0 Å². The van der Waals surface area contributed by atoms with Gasteiger partial charge in [0.05, 0.1) is 6.42 Å². The van der Waals surface area contributed by atoms with Crippen molar-refractivity contribution in [2.24, 2.45) is 5.92 Å². The van der Waals surface area contributed by atoms with Gasteiger partial charge >= 0.3 is 5.97 Å². The van der Waals surface area contributed by atoms with Crippen LogP contribution in [0.3, 0.4) is 0 Å². The molecule has 0 bridgehead atoms. The molecule has 2 N–H and O–H groups in total. The molecule has 0 saturated heterocycles. The number of carboxylic acids is 1. The molecule has 2 rings (SSSR count). The van der Waals surface area contributed by atoms with E-state index in [1.54, 1.807) is 0 Å². The lowest BCUT2D eigenvalue weighted by atomic mass is 9.96. The van der Waals surface area contributed by atoms with Crippen LogP contribution in [0.4, 0.5) is 0 Å². The Morgan fingerprint density at radius 2 is 1.95 bits per heavy atom. The lowest BCUT2D eigenvalue weighted by Crippen LogP contribution is -2.31. The van der Waals surface area contributed by atoms with Crippen LogP contribution in [0.25, 0.3) is 0 Å². The summed E-state index contributed by atoms with van der Waals surface area (Å²) in [5, 5.41) is 11.2. The summed E-state index contributed by atoms with van der Waals surface area (Å²) in [5.74, 6) is -0.399. The van der Waals surface area contributed by atoms with Gasteiger partial charge in [0, 0.05) is 12.5 Å². The normalized spacial score (nSPS) is 22.1. The van der Waals surface area contributed by atoms with Gasteiger partial charge in [-0.05, 0) is 30.7 Å². The third-order valence-corrected chi connectivity index (χ3v) is 3.71. The Bertz CT molecular complexity index is 444. The van der Waals surface area contributed by atoms with Crippen LogP contribution in [0, 0.1) is 5.92 Å². The number of benzene rings is 1. The van der Waals surface area contributed by atoms with Crippen LogP contribution < -0.4 is 5.32 Å². The highest BCUT2D eigenvalue weighted by Crippen LogP contribution is 2.38. The quantitative estimate of drug-likeness (QED) is 0.853. The average molecular weight is 261 g/mol. The third kappa shape index (κ3) is 3.81. The molecule has 0 spiro atoms. The van der Waals surface area contributed by atoms with E-state index >= 15 is 0 Å². The standard InChI is InChI=1S/C15H19NO3/c17-14(18)8-9-16-15(19)13-7-6-12(10-13)11-4-2-1-3-5-11/h1-5,12-13H,6-10H2,(H,16,19)(H,17,18)/t12-,13-/m1/s1. The number of hydrogen-bond acceptors (Lipinski definition) is 2. The molecule has 0 aromatic heterocycles. The molecular formula is C15H19NO3. The van der Waals surface area contributed by atoms with Crippen molar-refractivity contribution < 1.29 is 14.7 Å². The van der Waals surface area contributed by atoms with Crippen molar-refractivity contribution in [3.8, 4) is 0 Å². The number of carbonyl (C=O) groups is 2. The maximum atomic E-state index is 11.9. The van der Waals surface area contributed by atoms with Crippen LogP contribution in [0.15, 0.2) is 30.3 Å². The molecule has 1 fully saturated rings. The Hall–Kier alpha value is -1.84. The lowest BCUT2D eigenvalue weighted by Gasteiger charge is -2.12. The molecule has 1 amide bonds. The summed E-state index contributed by atoms with van der Waals surface area (Å²) in [4.78, 5) is 22.3. The van der Waals surface area contributed by atoms with E-state index in [0.717, 1.165) is 19.3 Å². The lowest BCUT2D eigenvalue weighted by molar-refractivity contribution is -0.137. The van der Waals surface area contributed by atoms with Crippen LogP contribution in [-0.2, 0) is 9.59 Å². The fourth-order valence-electron chi connectivity index (χ4n) is 2.68. The van der Waals surface area contributed by atoms with E-state index in [1.807, 2.05) is 18.2 Å². The number of aliphatic carboxylic acids is 1. The number of carboxylic acid groups (broad SMARTS) is 1. The maximum Gasteiger partial charge on any atom is 0.305 e. The SMILES string of the molecule is O=C(O)CCNC(=O)[C@@H]1CC[C@@H](c2ccccc2)C1. The van der Waals surface area contributed by atoms with Gasteiger partial charge in [-0.25, -0.2) is 0 Å². The number of amides is 1. The molecule has 0 heterocycles. The molecule has 4 nitrogen and oxygen atoms in total. The van der Waals surface area contributed by atoms with E-state index in [4.69, 9.17) is 5.11 Å². The zero-order valence-corrected chi connectivity index (χ0v) is 10.8. The summed E-state index contributed by atoms with van der Waals surface area (Å²) >= 11 is 0. The second-order valence-corrected chi connectivity index (χ2v) is 5.05. The van der Waals surface area contributed by atoms with E-state index in [-0.39, 0.29) is 24.8 Å². The van der Waals surface area contributed by atoms with Gasteiger partial charge in [-0.3, -0.25) is 9.59 Å². The molecular weight excluding hydrogens is 242 g/mol. The van der Waals surface area contributed by atoms with E-state index in [9.17, 15) is 9.59 Å². The zero-order chi connectivity index (χ0) is 13.7. The second-order valence-electron chi connectivity index (χ2n) is 5.05. The molecule has 1 aromatic carbocycles. The topological polar surface area (TPSA) is 66.4 Å². The number of rotatable bonds is 5. The smallest absolute Gasteiger partial charge is 0.305 e. The fraction of sp³-hybridized carbons (Fsp3) is 0.467. The molecule has 0 radical (unpaired) electrons. The van der Waals surface area contributed by atoms with Crippen molar-refractivity contribution in [2.45, 2.75) is 31.6 Å². The van der Waals surface area contributed by atoms with Gasteiger partial charge in [-0.2, -0.15) is 0 Å². The molecule has 1 aromatic rings. The first kappa shape index (κ1) is 13.6. The summed E-state index contributed by atoms with van der Waals surface area (Å²) in [6, 6.07) is 10.3. The zero-order valence-electron chi connectivity index (χ0n) is 10.8. The molecule has 19 heavy (non-hydrogen) atoms. The summed E-state index contributed by atoms with van der Waals surface area (Å²) in [7, 11) is 0. The highest BCUT2D eigenvalue weighted by atomic mass is 16.4. The Balaban J connectivity index is 1.81. The Morgan fingerprint density at radius 1 is 1.21 bits per heavy atom. The van der Waals surface area contributed by atoms with Gasteiger partial charge in [-0.15, -0.1) is 0 Å². The Labute approximate surface area is 112 Å². The first-order valence-electron chi connectivity index (χ1n) is 6.71. The van der Waals surface area contributed by atoms with Gasteiger partial charge in [0.2, 0.25) is 5.91 Å². The van der Waals surface area contributed by atoms with Gasteiger partial charge in [-0.1, -0.05) is 30.3 Å². The minimum atomic E-state index is -0.881. The van der Waals surface area contributed by atoms with E-state index in [1.165, 1.54) is 5.56 Å². The molecule has 0 unspecified atom stereocenters. The summed E-state index contributed by atoms with van der Waals surface area (Å²) in [5.41, 5.74) is 1.29. The van der Waals surface area contributed by atoms with Crippen LogP contribution in [0.1, 0.15) is 37.2 Å². The number of hydrogen-bond donors (Lipinski definition) is 2. The fourth-order valence-corrected chi connectivity index (χ4v) is 2.68. The molecule has 2 atom stereocenters. The monoisotopic (exact) mass is 261 g/mol. The molecule has 4 heteroatoms. The van der Waals surface area contributed by atoms with Crippen molar-refractivity contribution in [2.75, 3.05) is 6.54 Å². The third-order valence-electron chi connectivity index (χ3n) is 3.71. The van der Waals surface area contributed by atoms with E-state index in [2.05, 4.69) is 17.4 Å². The van der Waals surface area contributed by atoms with Gasteiger partial charge in [0.25, 0.3) is 0 Å². The minimum Gasteiger partial charge on any atom is -0.481 e. The number of nitrogens with one attached hydrogen (secondary N) is 1. The van der Waals surface area contributed by atoms with E-state index in [0.29, 0.717) is 5.92 Å². The summed E-state index contributed by atoms with van der Waals surface area (Å²) in [6.07, 6.45) is 2.77. The first-order valence-corrected chi connectivity index (χ1v) is 6.71. The molecule has 1 aliphatic carbocycles. The maximum absolute atomic E-state index is 11.9. The second kappa shape index (κ2) is 6.36. The van der Waals surface area contributed by atoms with Crippen molar-refractivity contribution in [3.63, 3.8) is 0 Å². The molecule has 102 valence electrons. The van der Waals surface area contributed by atoms with Crippen molar-refractivity contribution >= 4 is 11.9 Å². The van der Waals surface area contributed by atoms with Crippen molar-refractivity contribution in [1.82, 2.24) is 5.32 Å². The van der Waals surface area contributed by atoms with Gasteiger partial charge in [0.15, 0.2) is 0 Å². The van der Waals surface area contributed by atoms with Crippen LogP contribution in [0.2, 0.25) is 0 Å². The predicted molar refractivity (Wildman–Crippen MR) is 71.8 cm³/mol. The highest BCUT2D eigenvalue weighted by molar-refractivity contribution is 5.79. The molecule has 0 aliphatic heterocycles. The number of carbonyl (C=O) groups excluding carboxylic acids is 1. The van der Waals surface area contributed by atoms with Crippen molar-refractivity contribution in [1.29, 1.82) is 0 Å². The highest BCUT2D eigenvalue weighted by Gasteiger charge is 2.30. The Kier molecular flexibility index (Phi) is 4.55. The van der Waals surface area contributed by atoms with E-state index < -0.39 is 5.97 Å². The summed E-state index contributed by atoms with van der Waals surface area (Å²) in [6.45, 7) is 0.223. The Morgan fingerprint density at radius 3 is 2.63 bits per heavy atom. The summed E-state index contributed by atoms with van der Waals surface area (Å²) < 4.78 is 0. The molecule has 1 saturated carbocycles. The predicted octanol–water partition coefficient (Wildman–Crippen LogP) is 2.16. The van der Waals surface area contributed by atoms with Crippen LogP contribution >= 0.6 is 0 Å². The first-order chi connectivity index (χ1) is 9.16. The largest absolute Gasteiger partial charge is 0.481 e. The molecule has 1 aliphatic rings. The van der Waals surface area contributed by atoms with Crippen LogP contribution in [-0.4, -0.2) is 23.5 Å². The average Bonchev–Trinajstić information content (AvgIpc) is 2.89. The van der Waals surface area contributed by atoms with Gasteiger partial charge < -0.3 is 10.4 Å².